The topological polar surface area (TPSA) is 143 Å². The first-order valence-electron chi connectivity index (χ1n) is 2.40. The zero-order valence-electron chi connectivity index (χ0n) is 7.45. The van der Waals surface area contributed by atoms with Crippen molar-refractivity contribution in [3.8, 4) is 29.8 Å². The maximum absolute atomic E-state index is 8.58. The molecule has 0 atom stereocenters. The van der Waals surface area contributed by atoms with Crippen LogP contribution in [-0.4, -0.2) is 91.0 Å². The molecule has 0 aromatic carbocycles. The van der Waals surface area contributed by atoms with Gasteiger partial charge in [0.2, 0.25) is 0 Å². The Morgan fingerprint density at radius 2 is 0.600 bits per heavy atom. The number of hydrogen-bond donors (Lipinski definition) is 0. The third-order valence-corrected chi connectivity index (χ3v) is 4.89. The van der Waals surface area contributed by atoms with E-state index in [4.69, 9.17) is 31.6 Å². The molecule has 0 spiro atoms. The molecule has 0 aliphatic carbocycles. The average Bonchev–Trinajstić information content (AvgIpc) is 2.26. The molecular weight excluding hydrogens is 387 g/mol. The molecule has 0 rings (SSSR count). The summed E-state index contributed by atoms with van der Waals surface area (Å²) in [6, 6.07) is 0. The molecule has 9 heteroatoms. The summed E-state index contributed by atoms with van der Waals surface area (Å²) in [7, 11) is -6.17. The minimum absolute atomic E-state index is 0. The van der Waals surface area contributed by atoms with Gasteiger partial charge in [-0.2, -0.15) is 0 Å². The van der Waals surface area contributed by atoms with Gasteiger partial charge in [0.1, 0.15) is 0 Å². The van der Waals surface area contributed by atoms with E-state index in [1.807, 2.05) is 0 Å². The van der Waals surface area contributed by atoms with E-state index in [0.717, 1.165) is 29.8 Å². The molecule has 0 unspecified atom stereocenters. The number of rotatable bonds is 0. The van der Waals surface area contributed by atoms with Crippen molar-refractivity contribution < 1.29 is 10.7 Å². The first-order chi connectivity index (χ1) is 5.97. The van der Waals surface area contributed by atoms with Gasteiger partial charge in [0.15, 0.2) is 0 Å². The fourth-order valence-corrected chi connectivity index (χ4v) is 1.09. The Bertz CT molecular complexity index is 395. The molecule has 0 bridgehead atoms. The molecule has 66 valence electrons. The molecule has 0 N–H and O–H groups in total. The first kappa shape index (κ1) is 20.8. The quantitative estimate of drug-likeness (QED) is 0.505. The Hall–Kier alpha value is 0.421. The van der Waals surface area contributed by atoms with Crippen LogP contribution in [0.25, 0.3) is 0 Å². The fourth-order valence-electron chi connectivity index (χ4n) is 0.265. The molecule has 0 fully saturated rings. The summed E-state index contributed by atoms with van der Waals surface area (Å²) in [6.07, 6.45) is 0. The Balaban J connectivity index is -0.000000720. The average molecular weight is 387 g/mol. The number of nitrogens with zero attached hydrogens (tertiary/aromatic N) is 6. The van der Waals surface area contributed by atoms with Gasteiger partial charge in [-0.15, -0.1) is 0 Å². The van der Waals surface area contributed by atoms with Crippen LogP contribution in [0.3, 0.4) is 0 Å². The summed E-state index contributed by atoms with van der Waals surface area (Å²) in [5.74, 6) is 0. The second kappa shape index (κ2) is 5.66. The molecule has 15 heavy (non-hydrogen) atoms. The smallest absolute Gasteiger partial charge is 2.00 e. The van der Waals surface area contributed by atoms with Crippen molar-refractivity contribution in [2.24, 2.45) is 0 Å². The summed E-state index contributed by atoms with van der Waals surface area (Å²) in [5.41, 5.74) is 0. The van der Waals surface area contributed by atoms with Crippen molar-refractivity contribution >= 4 is 91.0 Å². The summed E-state index contributed by atoms with van der Waals surface area (Å²) in [5, 5.41) is 51.5. The van der Waals surface area contributed by atoms with E-state index in [9.17, 15) is 0 Å². The van der Waals surface area contributed by atoms with Gasteiger partial charge in [0.25, 0.3) is 0 Å². The number of hydrogen-bond acceptors (Lipinski definition) is 6. The van der Waals surface area contributed by atoms with Gasteiger partial charge in [0.05, 0.1) is 0 Å². The van der Waals surface area contributed by atoms with Gasteiger partial charge >= 0.3 is 163 Å². The Morgan fingerprint density at radius 1 is 0.467 bits per heavy atom. The van der Waals surface area contributed by atoms with Gasteiger partial charge in [-0.1, -0.05) is 0 Å². The van der Waals surface area contributed by atoms with E-state index in [-0.39, 0.29) is 91.0 Å². The van der Waals surface area contributed by atoms with E-state index >= 15 is 0 Å². The van der Waals surface area contributed by atoms with E-state index in [1.165, 1.54) is 0 Å². The monoisotopic (exact) mass is 388 g/mol. The Kier molecular flexibility index (Phi) is 7.84. The van der Waals surface area contributed by atoms with Gasteiger partial charge in [0, 0.05) is 0 Å². The van der Waals surface area contributed by atoms with Crippen molar-refractivity contribution in [1.82, 2.24) is 0 Å². The molecule has 0 aliphatic heterocycles. The van der Waals surface area contributed by atoms with E-state index in [0.29, 0.717) is 0 Å². The summed E-state index contributed by atoms with van der Waals surface area (Å²) in [6.45, 7) is 0. The predicted octanol–water partition coefficient (Wildman–Crippen LogP) is -0.663. The Labute approximate surface area is 159 Å². The van der Waals surface area contributed by atoms with Crippen LogP contribution in [0.4, 0.5) is 0 Å². The number of nitriles is 6. The summed E-state index contributed by atoms with van der Waals surface area (Å²) < 4.78 is 0. The maximum atomic E-state index is 8.58. The van der Waals surface area contributed by atoms with Gasteiger partial charge < -0.3 is 0 Å². The van der Waals surface area contributed by atoms with Crippen molar-refractivity contribution in [1.29, 1.82) is 31.6 Å². The van der Waals surface area contributed by atoms with Crippen LogP contribution in [0.1, 0.15) is 0 Å². The molecule has 0 amide bonds. The third kappa shape index (κ3) is 2.40. The fraction of sp³-hybridized carbons (Fsp3) is 0. The second-order valence-corrected chi connectivity index (χ2v) is 7.42. The van der Waals surface area contributed by atoms with Crippen LogP contribution in [0.2, 0.25) is 0 Å². The minimum atomic E-state index is -6.17. The minimum Gasteiger partial charge on any atom is 2.00 e. The van der Waals surface area contributed by atoms with E-state index in [2.05, 4.69) is 0 Å². The molecule has 0 saturated carbocycles. The molecule has 0 aliphatic rings. The van der Waals surface area contributed by atoms with Gasteiger partial charge in [-0.3, -0.25) is 0 Å². The largest absolute Gasteiger partial charge is 2.00 e. The van der Waals surface area contributed by atoms with Crippen molar-refractivity contribution in [2.75, 3.05) is 0 Å². The molecule has 6 nitrogen and oxygen atoms in total. The van der Waals surface area contributed by atoms with Crippen molar-refractivity contribution in [3.63, 3.8) is 0 Å². The molecule has 0 heterocycles. The van der Waals surface area contributed by atoms with Crippen LogP contribution in [-0.2, 0) is 10.7 Å². The summed E-state index contributed by atoms with van der Waals surface area (Å²) >= 11 is 0. The zero-order chi connectivity index (χ0) is 10.7. The molecule has 0 radical (unpaired) electrons. The van der Waals surface area contributed by atoms with E-state index in [1.54, 1.807) is 0 Å². The SMILES string of the molecule is N#[C][Fe-4]([C]#N)([C]#N)([C]#N)([C]#N)[C]#N.[Sr+2].[Sr+2]. The normalized spacial score (nSPS) is 11.6. The van der Waals surface area contributed by atoms with Crippen LogP contribution >= 0.6 is 0 Å². The molecule has 0 saturated heterocycles. The van der Waals surface area contributed by atoms with Crippen molar-refractivity contribution in [3.05, 3.63) is 0 Å². The van der Waals surface area contributed by atoms with Crippen LogP contribution in [0.15, 0.2) is 0 Å². The van der Waals surface area contributed by atoms with Gasteiger partial charge in [-0.05, 0) is 0 Å². The maximum Gasteiger partial charge on any atom is 2.00 e. The van der Waals surface area contributed by atoms with Gasteiger partial charge in [-0.25, -0.2) is 0 Å². The third-order valence-electron chi connectivity index (χ3n) is 1.19. The Morgan fingerprint density at radius 3 is 0.600 bits per heavy atom. The standard InChI is InChI=1S/6CN.Fe.2Sr/c6*1-2;;;/q;;;;;;-4;2*+2. The predicted molar refractivity (Wildman–Crippen MR) is 45.2 cm³/mol. The van der Waals surface area contributed by atoms with Crippen LogP contribution in [0.5, 0.6) is 0 Å². The molecule has 0 aromatic rings. The van der Waals surface area contributed by atoms with Crippen LogP contribution < -0.4 is 0 Å². The van der Waals surface area contributed by atoms with Crippen LogP contribution in [0, 0.1) is 61.4 Å². The molecular formula is C6FeN6Sr2. The zero-order valence-corrected chi connectivity index (χ0v) is 15.5. The molecule has 0 aromatic heterocycles. The second-order valence-electron chi connectivity index (χ2n) is 1.80. The summed E-state index contributed by atoms with van der Waals surface area (Å²) in [4.78, 5) is 6.19. The van der Waals surface area contributed by atoms with E-state index < -0.39 is 10.7 Å². The van der Waals surface area contributed by atoms with Crippen molar-refractivity contribution in [2.45, 2.75) is 0 Å². The first-order valence-corrected chi connectivity index (χ1v) is 5.71.